The van der Waals surface area contributed by atoms with Crippen LogP contribution in [0.4, 0.5) is 5.95 Å². The second kappa shape index (κ2) is 6.37. The van der Waals surface area contributed by atoms with Crippen LogP contribution in [0, 0.1) is 6.92 Å². The molecule has 2 aromatic rings. The summed E-state index contributed by atoms with van der Waals surface area (Å²) in [5.74, 6) is -0.573. The number of hydrogen-bond donors (Lipinski definition) is 2. The highest BCUT2D eigenvalue weighted by Crippen LogP contribution is 2.09. The Morgan fingerprint density at radius 1 is 1.19 bits per heavy atom. The van der Waals surface area contributed by atoms with E-state index in [-0.39, 0.29) is 10.8 Å². The third-order valence-electron chi connectivity index (χ3n) is 2.49. The number of carbonyl (C=O) groups excluding carboxylic acids is 1. The van der Waals surface area contributed by atoms with Crippen molar-refractivity contribution < 1.29 is 13.2 Å². The molecule has 0 spiro atoms. The number of benzene rings is 1. The summed E-state index contributed by atoms with van der Waals surface area (Å²) in [4.78, 5) is 15.4. The number of anilines is 1. The van der Waals surface area contributed by atoms with Crippen molar-refractivity contribution in [1.29, 1.82) is 0 Å². The molecule has 0 radical (unpaired) electrons. The van der Waals surface area contributed by atoms with Gasteiger partial charge in [-0.15, -0.1) is 5.10 Å². The molecular formula is C12H13N5O3S. The minimum atomic E-state index is -3.73. The largest absolute Gasteiger partial charge is 0.292 e. The summed E-state index contributed by atoms with van der Waals surface area (Å²) in [6, 6.07) is 6.30. The van der Waals surface area contributed by atoms with Crippen LogP contribution in [0.15, 0.2) is 41.6 Å². The van der Waals surface area contributed by atoms with Crippen molar-refractivity contribution in [3.63, 3.8) is 0 Å². The van der Waals surface area contributed by atoms with Gasteiger partial charge >= 0.3 is 0 Å². The first-order chi connectivity index (χ1) is 9.97. The molecule has 110 valence electrons. The molecule has 1 aromatic heterocycles. The molecule has 1 heterocycles. The van der Waals surface area contributed by atoms with Gasteiger partial charge in [-0.25, -0.2) is 18.1 Å². The minimum Gasteiger partial charge on any atom is -0.292 e. The van der Waals surface area contributed by atoms with Crippen LogP contribution in [0.5, 0.6) is 0 Å². The zero-order valence-electron chi connectivity index (χ0n) is 11.1. The second-order valence-corrected chi connectivity index (χ2v) is 5.92. The van der Waals surface area contributed by atoms with Crippen molar-refractivity contribution in [3.05, 3.63) is 42.2 Å². The van der Waals surface area contributed by atoms with E-state index >= 15 is 0 Å². The average Bonchev–Trinajstić information content (AvgIpc) is 2.47. The van der Waals surface area contributed by atoms with Gasteiger partial charge in [0.15, 0.2) is 0 Å². The van der Waals surface area contributed by atoms with Crippen molar-refractivity contribution in [2.24, 2.45) is 0 Å². The predicted molar refractivity (Wildman–Crippen MR) is 74.8 cm³/mol. The predicted octanol–water partition coefficient (Wildman–Crippen LogP) is 0.0970. The lowest BCUT2D eigenvalue weighted by atomic mass is 10.2. The second-order valence-electron chi connectivity index (χ2n) is 4.15. The SMILES string of the molecule is Cc1ccc(S(=O)(=O)NCC(=O)Nc2nccnn2)cc1. The fourth-order valence-electron chi connectivity index (χ4n) is 1.44. The Hall–Kier alpha value is -2.39. The Bertz CT molecular complexity index is 716. The number of nitrogens with zero attached hydrogens (tertiary/aromatic N) is 3. The van der Waals surface area contributed by atoms with Crippen LogP contribution in [0.3, 0.4) is 0 Å². The Morgan fingerprint density at radius 3 is 2.52 bits per heavy atom. The fraction of sp³-hybridized carbons (Fsp3) is 0.167. The van der Waals surface area contributed by atoms with Gasteiger partial charge in [0, 0.05) is 0 Å². The Balaban J connectivity index is 1.95. The Kier molecular flexibility index (Phi) is 4.55. The van der Waals surface area contributed by atoms with Gasteiger partial charge in [0.25, 0.3) is 0 Å². The number of sulfonamides is 1. The van der Waals surface area contributed by atoms with Gasteiger partial charge in [0.05, 0.1) is 23.8 Å². The highest BCUT2D eigenvalue weighted by atomic mass is 32.2. The topological polar surface area (TPSA) is 114 Å². The maximum absolute atomic E-state index is 12.0. The van der Waals surface area contributed by atoms with E-state index in [1.54, 1.807) is 12.1 Å². The van der Waals surface area contributed by atoms with Crippen LogP contribution < -0.4 is 10.0 Å². The van der Waals surface area contributed by atoms with E-state index in [0.717, 1.165) is 5.56 Å². The maximum Gasteiger partial charge on any atom is 0.249 e. The molecule has 0 fully saturated rings. The summed E-state index contributed by atoms with van der Waals surface area (Å²) in [7, 11) is -3.73. The zero-order valence-corrected chi connectivity index (χ0v) is 12.0. The number of nitrogens with one attached hydrogen (secondary N) is 2. The molecule has 0 saturated heterocycles. The minimum absolute atomic E-state index is 0.0111. The van der Waals surface area contributed by atoms with E-state index in [1.807, 2.05) is 6.92 Å². The zero-order chi connectivity index (χ0) is 15.3. The fourth-order valence-corrected chi connectivity index (χ4v) is 2.42. The van der Waals surface area contributed by atoms with Crippen molar-refractivity contribution in [3.8, 4) is 0 Å². The number of aromatic nitrogens is 3. The molecule has 0 unspecified atom stereocenters. The smallest absolute Gasteiger partial charge is 0.249 e. The Labute approximate surface area is 121 Å². The van der Waals surface area contributed by atoms with E-state index in [1.165, 1.54) is 24.5 Å². The molecule has 9 heteroatoms. The van der Waals surface area contributed by atoms with Crippen LogP contribution in [0.1, 0.15) is 5.56 Å². The summed E-state index contributed by atoms with van der Waals surface area (Å²) < 4.78 is 26.1. The van der Waals surface area contributed by atoms with Gasteiger partial charge in [-0.3, -0.25) is 10.1 Å². The first-order valence-corrected chi connectivity index (χ1v) is 7.45. The molecule has 2 N–H and O–H groups in total. The third-order valence-corrected chi connectivity index (χ3v) is 3.91. The van der Waals surface area contributed by atoms with Crippen LogP contribution in [-0.4, -0.2) is 36.1 Å². The molecule has 0 bridgehead atoms. The summed E-state index contributed by atoms with van der Waals surface area (Å²) >= 11 is 0. The van der Waals surface area contributed by atoms with Gasteiger partial charge in [-0.05, 0) is 19.1 Å². The van der Waals surface area contributed by atoms with Crippen molar-refractivity contribution >= 4 is 21.9 Å². The van der Waals surface area contributed by atoms with Crippen molar-refractivity contribution in [1.82, 2.24) is 19.9 Å². The van der Waals surface area contributed by atoms with E-state index in [4.69, 9.17) is 0 Å². The maximum atomic E-state index is 12.0. The number of amides is 1. The molecule has 1 aromatic carbocycles. The number of rotatable bonds is 5. The van der Waals surface area contributed by atoms with Gasteiger partial charge in [0.1, 0.15) is 0 Å². The summed E-state index contributed by atoms with van der Waals surface area (Å²) in [5, 5.41) is 9.42. The van der Waals surface area contributed by atoms with Crippen molar-refractivity contribution in [2.75, 3.05) is 11.9 Å². The molecular weight excluding hydrogens is 294 g/mol. The highest BCUT2D eigenvalue weighted by Gasteiger charge is 2.15. The van der Waals surface area contributed by atoms with Crippen LogP contribution in [0.25, 0.3) is 0 Å². The average molecular weight is 307 g/mol. The van der Waals surface area contributed by atoms with Gasteiger partial charge in [0.2, 0.25) is 21.9 Å². The van der Waals surface area contributed by atoms with Crippen LogP contribution >= 0.6 is 0 Å². The van der Waals surface area contributed by atoms with Crippen LogP contribution in [-0.2, 0) is 14.8 Å². The molecule has 0 atom stereocenters. The lowest BCUT2D eigenvalue weighted by molar-refractivity contribution is -0.115. The first-order valence-electron chi connectivity index (χ1n) is 5.97. The molecule has 0 aliphatic carbocycles. The van der Waals surface area contributed by atoms with Crippen LogP contribution in [0.2, 0.25) is 0 Å². The quantitative estimate of drug-likeness (QED) is 0.809. The molecule has 2 rings (SSSR count). The molecule has 0 aliphatic rings. The standard InChI is InChI=1S/C12H13N5O3S/c1-9-2-4-10(5-3-9)21(19,20)15-8-11(18)16-12-13-6-7-14-17-12/h2-7,15H,8H2,1H3,(H,13,16,17,18). The van der Waals surface area contributed by atoms with Crippen molar-refractivity contribution in [2.45, 2.75) is 11.8 Å². The highest BCUT2D eigenvalue weighted by molar-refractivity contribution is 7.89. The van der Waals surface area contributed by atoms with Gasteiger partial charge < -0.3 is 0 Å². The lowest BCUT2D eigenvalue weighted by Gasteiger charge is -2.07. The summed E-state index contributed by atoms with van der Waals surface area (Å²) in [6.45, 7) is 1.43. The first kappa shape index (κ1) is 15.0. The summed E-state index contributed by atoms with van der Waals surface area (Å²) in [5.41, 5.74) is 0.945. The number of aryl methyl sites for hydroxylation is 1. The van der Waals surface area contributed by atoms with E-state index in [2.05, 4.69) is 25.2 Å². The van der Waals surface area contributed by atoms with Gasteiger partial charge in [-0.2, -0.15) is 5.10 Å². The van der Waals surface area contributed by atoms with E-state index in [9.17, 15) is 13.2 Å². The molecule has 1 amide bonds. The van der Waals surface area contributed by atoms with E-state index < -0.39 is 22.5 Å². The van der Waals surface area contributed by atoms with Gasteiger partial charge in [-0.1, -0.05) is 17.7 Å². The molecule has 0 aliphatic heterocycles. The monoisotopic (exact) mass is 307 g/mol. The lowest BCUT2D eigenvalue weighted by Crippen LogP contribution is -2.33. The number of carbonyl (C=O) groups is 1. The molecule has 8 nitrogen and oxygen atoms in total. The Morgan fingerprint density at radius 2 is 1.90 bits per heavy atom. The third kappa shape index (κ3) is 4.29. The molecule has 21 heavy (non-hydrogen) atoms. The summed E-state index contributed by atoms with van der Waals surface area (Å²) in [6.07, 6.45) is 2.72. The number of hydrogen-bond acceptors (Lipinski definition) is 6. The molecule has 0 saturated carbocycles. The normalized spacial score (nSPS) is 11.1. The van der Waals surface area contributed by atoms with E-state index in [0.29, 0.717) is 0 Å².